The van der Waals surface area contributed by atoms with E-state index in [2.05, 4.69) is 15.4 Å². The number of aromatic nitrogens is 3. The van der Waals surface area contributed by atoms with Gasteiger partial charge < -0.3 is 5.32 Å². The number of carbonyl (C=O) groups excluding carboxylic acids is 1. The molecule has 27 heavy (non-hydrogen) atoms. The number of fused-ring (bicyclic) bond motifs is 1. The maximum atomic E-state index is 12.4. The Morgan fingerprint density at radius 3 is 2.44 bits per heavy atom. The first-order valence-electron chi connectivity index (χ1n) is 8.47. The van der Waals surface area contributed by atoms with Crippen LogP contribution in [0.4, 0.5) is 5.82 Å². The Morgan fingerprint density at radius 2 is 1.67 bits per heavy atom. The van der Waals surface area contributed by atoms with E-state index in [0.717, 1.165) is 21.2 Å². The molecule has 1 amide bonds. The summed E-state index contributed by atoms with van der Waals surface area (Å²) < 4.78 is 1.15. The number of amides is 1. The molecule has 0 aliphatic carbocycles. The normalized spacial score (nSPS) is 10.7. The number of rotatable bonds is 4. The van der Waals surface area contributed by atoms with Crippen LogP contribution in [-0.2, 0) is 11.3 Å². The molecule has 0 fully saturated rings. The van der Waals surface area contributed by atoms with Gasteiger partial charge in [-0.3, -0.25) is 9.59 Å². The Balaban J connectivity index is 1.48. The highest BCUT2D eigenvalue weighted by atomic mass is 16.2. The fourth-order valence-corrected chi connectivity index (χ4v) is 2.83. The predicted molar refractivity (Wildman–Crippen MR) is 104 cm³/mol. The number of benzene rings is 2. The average molecular weight is 356 g/mol. The van der Waals surface area contributed by atoms with E-state index in [4.69, 9.17) is 0 Å². The fourth-order valence-electron chi connectivity index (χ4n) is 2.83. The summed E-state index contributed by atoms with van der Waals surface area (Å²) in [5.74, 6) is 0.0633. The minimum absolute atomic E-state index is 0.175. The second-order valence-corrected chi connectivity index (χ2v) is 6.04. The average Bonchev–Trinajstić information content (AvgIpc) is 2.71. The second kappa shape index (κ2) is 7.21. The molecule has 6 heteroatoms. The van der Waals surface area contributed by atoms with Crippen molar-refractivity contribution in [2.24, 2.45) is 0 Å². The van der Waals surface area contributed by atoms with Gasteiger partial charge in [-0.25, -0.2) is 9.67 Å². The van der Waals surface area contributed by atoms with E-state index >= 15 is 0 Å². The van der Waals surface area contributed by atoms with E-state index in [1.54, 1.807) is 30.6 Å². The summed E-state index contributed by atoms with van der Waals surface area (Å²) in [5.41, 5.74) is 1.71. The number of hydrogen-bond acceptors (Lipinski definition) is 4. The molecule has 4 aromatic rings. The van der Waals surface area contributed by atoms with E-state index in [0.29, 0.717) is 11.2 Å². The molecule has 6 nitrogen and oxygen atoms in total. The van der Waals surface area contributed by atoms with Crippen molar-refractivity contribution in [3.8, 4) is 11.1 Å². The van der Waals surface area contributed by atoms with Crippen LogP contribution in [0.2, 0.25) is 0 Å². The lowest BCUT2D eigenvalue weighted by atomic mass is 10.1. The van der Waals surface area contributed by atoms with Crippen LogP contribution in [0.3, 0.4) is 0 Å². The molecule has 2 heterocycles. The monoisotopic (exact) mass is 356 g/mol. The van der Waals surface area contributed by atoms with Gasteiger partial charge in [0.25, 0.3) is 5.56 Å². The Bertz CT molecular complexity index is 1150. The van der Waals surface area contributed by atoms with Crippen molar-refractivity contribution in [2.75, 3.05) is 5.32 Å². The summed E-state index contributed by atoms with van der Waals surface area (Å²) in [5, 5.41) is 8.04. The van der Waals surface area contributed by atoms with Crippen LogP contribution in [0.1, 0.15) is 0 Å². The largest absolute Gasteiger partial charge is 0.309 e. The van der Waals surface area contributed by atoms with Crippen LogP contribution in [0.5, 0.6) is 0 Å². The Kier molecular flexibility index (Phi) is 4.45. The number of carbonyl (C=O) groups is 1. The standard InChI is InChI=1S/C21H16N4O2/c26-20(14-25-21(27)18-9-5-4-8-17(18)13-23-25)24-19-11-10-16(12-22-19)15-6-2-1-3-7-15/h1-13H,14H2,(H,22,24,26). The van der Waals surface area contributed by atoms with Crippen LogP contribution >= 0.6 is 0 Å². The third-order valence-electron chi connectivity index (χ3n) is 4.19. The molecule has 0 unspecified atom stereocenters. The Morgan fingerprint density at radius 1 is 0.889 bits per heavy atom. The Hall–Kier alpha value is -3.80. The first-order chi connectivity index (χ1) is 13.2. The third-order valence-corrected chi connectivity index (χ3v) is 4.19. The van der Waals surface area contributed by atoms with Gasteiger partial charge >= 0.3 is 0 Å². The SMILES string of the molecule is O=C(Cn1ncc2ccccc2c1=O)Nc1ccc(-c2ccccc2)cn1. The topological polar surface area (TPSA) is 76.9 Å². The number of pyridine rings is 1. The van der Waals surface area contributed by atoms with Gasteiger partial charge in [0, 0.05) is 17.1 Å². The minimum atomic E-state index is -0.361. The summed E-state index contributed by atoms with van der Waals surface area (Å²) in [7, 11) is 0. The smallest absolute Gasteiger partial charge is 0.275 e. The Labute approximate surface area is 155 Å². The van der Waals surface area contributed by atoms with E-state index in [-0.39, 0.29) is 18.0 Å². The zero-order valence-electron chi connectivity index (χ0n) is 14.4. The molecule has 0 saturated carbocycles. The number of nitrogens with zero attached hydrogens (tertiary/aromatic N) is 3. The first kappa shape index (κ1) is 16.7. The van der Waals surface area contributed by atoms with Gasteiger partial charge in [-0.15, -0.1) is 0 Å². The molecule has 0 bridgehead atoms. The van der Waals surface area contributed by atoms with Crippen LogP contribution in [-0.4, -0.2) is 20.7 Å². The van der Waals surface area contributed by atoms with E-state index in [9.17, 15) is 9.59 Å². The zero-order valence-corrected chi connectivity index (χ0v) is 14.4. The highest BCUT2D eigenvalue weighted by Gasteiger charge is 2.09. The fraction of sp³-hybridized carbons (Fsp3) is 0.0476. The predicted octanol–water partition coefficient (Wildman–Crippen LogP) is 3.10. The lowest BCUT2D eigenvalue weighted by Gasteiger charge is -2.08. The molecule has 2 aromatic carbocycles. The van der Waals surface area contributed by atoms with Crippen LogP contribution < -0.4 is 10.9 Å². The lowest BCUT2D eigenvalue weighted by Crippen LogP contribution is -2.29. The molecule has 0 atom stereocenters. The summed E-state index contributed by atoms with van der Waals surface area (Å²) in [6, 6.07) is 20.6. The zero-order chi connectivity index (χ0) is 18.6. The first-order valence-corrected chi connectivity index (χ1v) is 8.47. The molecule has 0 radical (unpaired) electrons. The summed E-state index contributed by atoms with van der Waals surface area (Å²) >= 11 is 0. The summed E-state index contributed by atoms with van der Waals surface area (Å²) in [6.45, 7) is -0.175. The van der Waals surface area contributed by atoms with E-state index in [1.165, 1.54) is 0 Å². The molecule has 0 spiro atoms. The van der Waals surface area contributed by atoms with Crippen LogP contribution in [0, 0.1) is 0 Å². The van der Waals surface area contributed by atoms with Gasteiger partial charge in [-0.1, -0.05) is 48.5 Å². The molecule has 2 aromatic heterocycles. The van der Waals surface area contributed by atoms with Crippen LogP contribution in [0.25, 0.3) is 21.9 Å². The number of anilines is 1. The molecular formula is C21H16N4O2. The summed E-state index contributed by atoms with van der Waals surface area (Å²) in [4.78, 5) is 29.0. The highest BCUT2D eigenvalue weighted by molar-refractivity contribution is 5.90. The van der Waals surface area contributed by atoms with E-state index < -0.39 is 0 Å². The number of hydrogen-bond donors (Lipinski definition) is 1. The van der Waals surface area contributed by atoms with Gasteiger partial charge in [0.05, 0.1) is 11.6 Å². The second-order valence-electron chi connectivity index (χ2n) is 6.04. The molecule has 1 N–H and O–H groups in total. The maximum Gasteiger partial charge on any atom is 0.275 e. The van der Waals surface area contributed by atoms with Crippen molar-refractivity contribution in [1.82, 2.24) is 14.8 Å². The van der Waals surface area contributed by atoms with Crippen molar-refractivity contribution < 1.29 is 4.79 Å². The number of nitrogens with one attached hydrogen (secondary N) is 1. The van der Waals surface area contributed by atoms with Gasteiger partial charge in [0.2, 0.25) is 5.91 Å². The van der Waals surface area contributed by atoms with E-state index in [1.807, 2.05) is 48.5 Å². The van der Waals surface area contributed by atoms with Crippen molar-refractivity contribution in [1.29, 1.82) is 0 Å². The molecular weight excluding hydrogens is 340 g/mol. The quantitative estimate of drug-likeness (QED) is 0.610. The molecule has 132 valence electrons. The van der Waals surface area contributed by atoms with Gasteiger partial charge in [-0.2, -0.15) is 5.10 Å². The minimum Gasteiger partial charge on any atom is -0.309 e. The van der Waals surface area contributed by atoms with Crippen molar-refractivity contribution in [3.05, 3.63) is 89.5 Å². The van der Waals surface area contributed by atoms with Crippen molar-refractivity contribution in [2.45, 2.75) is 6.54 Å². The van der Waals surface area contributed by atoms with Gasteiger partial charge in [-0.05, 0) is 23.8 Å². The summed E-state index contributed by atoms with van der Waals surface area (Å²) in [6.07, 6.45) is 3.28. The molecule has 0 aliphatic rings. The van der Waals surface area contributed by atoms with Crippen LogP contribution in [0.15, 0.2) is 83.9 Å². The lowest BCUT2D eigenvalue weighted by molar-refractivity contribution is -0.117. The van der Waals surface area contributed by atoms with Crippen molar-refractivity contribution >= 4 is 22.5 Å². The molecule has 4 rings (SSSR count). The highest BCUT2D eigenvalue weighted by Crippen LogP contribution is 2.18. The van der Waals surface area contributed by atoms with Gasteiger partial charge in [0.15, 0.2) is 0 Å². The van der Waals surface area contributed by atoms with Gasteiger partial charge in [0.1, 0.15) is 12.4 Å². The third kappa shape index (κ3) is 3.59. The van der Waals surface area contributed by atoms with Crippen molar-refractivity contribution in [3.63, 3.8) is 0 Å². The molecule has 0 aliphatic heterocycles. The maximum absolute atomic E-state index is 12.4. The molecule has 0 saturated heterocycles.